The van der Waals surface area contributed by atoms with E-state index in [1.807, 2.05) is 0 Å². The lowest BCUT2D eigenvalue weighted by Crippen LogP contribution is -2.27. The van der Waals surface area contributed by atoms with Gasteiger partial charge in [0.15, 0.2) is 0 Å². The van der Waals surface area contributed by atoms with Crippen LogP contribution in [-0.2, 0) is 28.8 Å². The number of carbonyl (C=O) groups is 4. The molecule has 10 nitrogen and oxygen atoms in total. The molecule has 0 saturated carbocycles. The fourth-order valence-electron chi connectivity index (χ4n) is 1.31. The van der Waals surface area contributed by atoms with Crippen molar-refractivity contribution in [3.05, 3.63) is 19.6 Å². The molecule has 0 fully saturated rings. The quantitative estimate of drug-likeness (QED) is 0.417. The molecule has 0 bridgehead atoms. The summed E-state index contributed by atoms with van der Waals surface area (Å²) in [5.41, 5.74) is 0. The van der Waals surface area contributed by atoms with Gasteiger partial charge in [0, 0.05) is 9.62 Å². The van der Waals surface area contributed by atoms with Crippen molar-refractivity contribution < 1.29 is 39.6 Å². The first-order valence-electron chi connectivity index (χ1n) is 4.44. The molecule has 0 spiro atoms. The highest BCUT2D eigenvalue weighted by atomic mass is 32.2. The normalized spacial score (nSPS) is 17.8. The largest absolute Gasteiger partial charge is 0.477 e. The first-order chi connectivity index (χ1) is 9.01. The lowest BCUT2D eigenvalue weighted by atomic mass is 10.4. The molecule has 0 amide bonds. The van der Waals surface area contributed by atoms with Crippen molar-refractivity contribution in [1.82, 2.24) is 0 Å². The molecule has 108 valence electrons. The summed E-state index contributed by atoms with van der Waals surface area (Å²) in [6.07, 6.45) is 0. The van der Waals surface area contributed by atoms with E-state index in [4.69, 9.17) is 30.0 Å². The molecular formula is C8H6N2O8S2. The molecule has 1 aliphatic rings. The summed E-state index contributed by atoms with van der Waals surface area (Å²) < 4.78 is 15.2. The van der Waals surface area contributed by atoms with Crippen molar-refractivity contribution in [3.63, 3.8) is 0 Å². The van der Waals surface area contributed by atoms with Gasteiger partial charge in [-0.3, -0.25) is 9.56 Å². The lowest BCUT2D eigenvalue weighted by Gasteiger charge is -2.21. The van der Waals surface area contributed by atoms with Gasteiger partial charge in [-0.1, -0.05) is 11.8 Å². The van der Waals surface area contributed by atoms with E-state index in [1.54, 1.807) is 0 Å². The summed E-state index contributed by atoms with van der Waals surface area (Å²) in [5, 5.41) is 35.5. The summed E-state index contributed by atoms with van der Waals surface area (Å²) in [6.45, 7) is 0. The van der Waals surface area contributed by atoms with Crippen LogP contribution >= 0.6 is 11.8 Å². The molecule has 6 N–H and O–H groups in total. The van der Waals surface area contributed by atoms with Crippen LogP contribution in [-0.4, -0.2) is 44.3 Å². The Kier molecular flexibility index (Phi) is 3.91. The maximum absolute atomic E-state index is 11.0. The molecule has 0 atom stereocenters. The number of nitrogens with one attached hydrogen (secondary N) is 2. The van der Waals surface area contributed by atoms with Crippen LogP contribution in [0.3, 0.4) is 0 Å². The van der Waals surface area contributed by atoms with E-state index in [9.17, 15) is 19.2 Å². The third-order valence-corrected chi connectivity index (χ3v) is 5.41. The van der Waals surface area contributed by atoms with Crippen molar-refractivity contribution >= 4 is 45.3 Å². The average Bonchev–Trinajstić information content (AvgIpc) is 2.24. The molecule has 1 rings (SSSR count). The summed E-state index contributed by atoms with van der Waals surface area (Å²) in [5.74, 6) is -7.57. The Labute approximate surface area is 114 Å². The van der Waals surface area contributed by atoms with Crippen LogP contribution < -0.4 is 0 Å². The van der Waals surface area contributed by atoms with Gasteiger partial charge in [0.05, 0.1) is 0 Å². The second kappa shape index (κ2) is 4.97. The van der Waals surface area contributed by atoms with Crippen LogP contribution in [0.15, 0.2) is 19.6 Å². The molecule has 12 heteroatoms. The van der Waals surface area contributed by atoms with Gasteiger partial charge >= 0.3 is 23.9 Å². The zero-order chi connectivity index (χ0) is 15.8. The van der Waals surface area contributed by atoms with Gasteiger partial charge in [-0.15, -0.1) is 0 Å². The molecule has 0 aromatic rings. The molecular weight excluding hydrogens is 316 g/mol. The first kappa shape index (κ1) is 15.7. The maximum atomic E-state index is 11.0. The predicted molar refractivity (Wildman–Crippen MR) is 65.0 cm³/mol. The molecule has 1 heterocycles. The zero-order valence-corrected chi connectivity index (χ0v) is 10.9. The van der Waals surface area contributed by atoms with Crippen molar-refractivity contribution in [2.75, 3.05) is 0 Å². The van der Waals surface area contributed by atoms with Crippen LogP contribution in [0.25, 0.3) is 0 Å². The second-order valence-corrected chi connectivity index (χ2v) is 6.31. The number of carboxylic acid groups (broad SMARTS) is 4. The van der Waals surface area contributed by atoms with E-state index in [1.165, 1.54) is 0 Å². The predicted octanol–water partition coefficient (Wildman–Crippen LogP) is 0.174. The Hall–Kier alpha value is -2.34. The molecule has 0 saturated heterocycles. The van der Waals surface area contributed by atoms with Crippen molar-refractivity contribution in [2.45, 2.75) is 0 Å². The molecule has 1 aliphatic heterocycles. The van der Waals surface area contributed by atoms with E-state index in [-0.39, 0.29) is 11.8 Å². The Morgan fingerprint density at radius 2 is 1.05 bits per heavy atom. The van der Waals surface area contributed by atoms with E-state index in [0.29, 0.717) is 0 Å². The summed E-state index contributed by atoms with van der Waals surface area (Å²) in [6, 6.07) is 0. The van der Waals surface area contributed by atoms with E-state index >= 15 is 0 Å². The second-order valence-electron chi connectivity index (χ2n) is 3.25. The van der Waals surface area contributed by atoms with Gasteiger partial charge in [-0.2, -0.15) is 0 Å². The zero-order valence-electron chi connectivity index (χ0n) is 9.24. The Balaban J connectivity index is 3.84. The van der Waals surface area contributed by atoms with Gasteiger partial charge in [0.1, 0.15) is 19.6 Å². The minimum atomic E-state index is -4.27. The Morgan fingerprint density at radius 3 is 1.25 bits per heavy atom. The third kappa shape index (κ3) is 2.37. The standard InChI is InChI=1S/C8H6N2O8S2/c9-20(10)3(7(15)16)1(5(11)12)19-2(6(13)14)4(20)8(17)18/h9-10H,(H,11,12)(H,13,14)(H,15,16)(H,17,18). The highest BCUT2D eigenvalue weighted by Gasteiger charge is 2.41. The van der Waals surface area contributed by atoms with Crippen molar-refractivity contribution in [3.8, 4) is 0 Å². The molecule has 0 unspecified atom stereocenters. The SMILES string of the molecule is N=S1(=N)C(C(=O)O)=C(C(=O)O)SC(C(=O)O)=C1C(=O)O. The van der Waals surface area contributed by atoms with Gasteiger partial charge in [0.2, 0.25) is 0 Å². The number of hydrogen-bond acceptors (Lipinski definition) is 7. The first-order valence-corrected chi connectivity index (χ1v) is 6.89. The van der Waals surface area contributed by atoms with Crippen molar-refractivity contribution in [1.29, 1.82) is 9.56 Å². The monoisotopic (exact) mass is 322 g/mol. The number of hydrogen-bond donors (Lipinski definition) is 6. The van der Waals surface area contributed by atoms with Gasteiger partial charge in [-0.25, -0.2) is 19.2 Å². The summed E-state index contributed by atoms with van der Waals surface area (Å²) >= 11 is -0.0978. The lowest BCUT2D eigenvalue weighted by molar-refractivity contribution is -0.135. The smallest absolute Gasteiger partial charge is 0.345 e. The Bertz CT molecular complexity index is 661. The number of rotatable bonds is 4. The molecule has 0 aromatic carbocycles. The number of carboxylic acids is 4. The van der Waals surface area contributed by atoms with Crippen LogP contribution in [0.1, 0.15) is 0 Å². The third-order valence-electron chi connectivity index (χ3n) is 2.01. The van der Waals surface area contributed by atoms with Crippen LogP contribution in [0.4, 0.5) is 0 Å². The van der Waals surface area contributed by atoms with E-state index in [2.05, 4.69) is 0 Å². The van der Waals surface area contributed by atoms with Gasteiger partial charge in [0.25, 0.3) is 0 Å². The fourth-order valence-corrected chi connectivity index (χ4v) is 4.51. The maximum Gasteiger partial charge on any atom is 0.345 e. The van der Waals surface area contributed by atoms with E-state index < -0.39 is 53.1 Å². The van der Waals surface area contributed by atoms with Crippen LogP contribution in [0.2, 0.25) is 0 Å². The number of aliphatic carboxylic acids is 4. The van der Waals surface area contributed by atoms with Gasteiger partial charge in [-0.05, 0) is 0 Å². The van der Waals surface area contributed by atoms with Crippen molar-refractivity contribution in [2.24, 2.45) is 0 Å². The minimum absolute atomic E-state index is 0.0978. The van der Waals surface area contributed by atoms with Gasteiger partial charge < -0.3 is 20.4 Å². The summed E-state index contributed by atoms with van der Waals surface area (Å²) in [4.78, 5) is 39.4. The highest BCUT2D eigenvalue weighted by molar-refractivity contribution is 8.13. The Morgan fingerprint density at radius 1 is 0.750 bits per heavy atom. The topological polar surface area (TPSA) is 197 Å². The van der Waals surface area contributed by atoms with E-state index in [0.717, 1.165) is 0 Å². The average molecular weight is 322 g/mol. The molecule has 0 radical (unpaired) electrons. The number of thioether (sulfide) groups is 1. The molecule has 20 heavy (non-hydrogen) atoms. The highest BCUT2D eigenvalue weighted by Crippen LogP contribution is 2.42. The molecule has 0 aliphatic carbocycles. The van der Waals surface area contributed by atoms with Crippen LogP contribution in [0, 0.1) is 9.56 Å². The molecule has 0 aromatic heterocycles. The van der Waals surface area contributed by atoms with Crippen LogP contribution in [0.5, 0.6) is 0 Å². The fraction of sp³-hybridized carbons (Fsp3) is 0. The minimum Gasteiger partial charge on any atom is -0.477 e. The summed E-state index contributed by atoms with van der Waals surface area (Å²) in [7, 11) is -4.27.